The third-order valence-corrected chi connectivity index (χ3v) is 25.5. The van der Waals surface area contributed by atoms with Crippen molar-refractivity contribution < 1.29 is 19.8 Å². The summed E-state index contributed by atoms with van der Waals surface area (Å²) in [5, 5.41) is 15.7. The van der Waals surface area contributed by atoms with Crippen molar-refractivity contribution in [2.45, 2.75) is 25.7 Å². The number of fused-ring (bicyclic) bond motifs is 10. The van der Waals surface area contributed by atoms with Gasteiger partial charge in [0.2, 0.25) is 0 Å². The molecular weight excluding hydrogens is 1610 g/mol. The zero-order valence-electron chi connectivity index (χ0n) is 73.1. The second-order valence-electron chi connectivity index (χ2n) is 33.2. The van der Waals surface area contributed by atoms with E-state index in [-0.39, 0.29) is 23.3 Å². The monoisotopic (exact) mass is 1710 g/mol. The molecule has 0 amide bonds. The molecule has 11 N–H and O–H groups in total. The number of furan rings is 2. The molecule has 0 spiro atoms. The van der Waals surface area contributed by atoms with Crippen LogP contribution in [0.1, 0.15) is 24.0 Å². The van der Waals surface area contributed by atoms with Crippen molar-refractivity contribution in [1.82, 2.24) is 12.3 Å². The second-order valence-corrected chi connectivity index (χ2v) is 33.2. The van der Waals surface area contributed by atoms with Crippen LogP contribution in [0.3, 0.4) is 0 Å². The fourth-order valence-corrected chi connectivity index (χ4v) is 19.0. The Bertz CT molecular complexity index is 7810. The van der Waals surface area contributed by atoms with Crippen molar-refractivity contribution in [2.75, 3.05) is 10.2 Å². The lowest BCUT2D eigenvalue weighted by Gasteiger charge is -2.26. The minimum Gasteiger partial charge on any atom is -0.455 e. The number of rotatable bonds is 15. The van der Waals surface area contributed by atoms with Crippen molar-refractivity contribution in [2.24, 2.45) is 0 Å². The van der Waals surface area contributed by atoms with Crippen molar-refractivity contribution in [1.29, 1.82) is 0 Å². The second kappa shape index (κ2) is 38.6. The molecule has 2 heterocycles. The Morgan fingerprint density at radius 3 is 0.924 bits per heavy atom. The van der Waals surface area contributed by atoms with Crippen LogP contribution in [0.4, 0.5) is 28.4 Å². The van der Waals surface area contributed by atoms with Gasteiger partial charge in [0, 0.05) is 61.1 Å². The number of hydrogen-bond acceptors (Lipinski definition) is 6. The zero-order valence-corrected chi connectivity index (χ0v) is 73.1. The van der Waals surface area contributed by atoms with E-state index in [1.54, 1.807) is 5.56 Å². The van der Waals surface area contributed by atoms with Crippen LogP contribution in [0, 0.1) is 0 Å². The van der Waals surface area contributed by atoms with Crippen LogP contribution in [0.2, 0.25) is 0 Å². The summed E-state index contributed by atoms with van der Waals surface area (Å²) in [6, 6.07) is 172. The van der Waals surface area contributed by atoms with E-state index in [1.165, 1.54) is 153 Å². The Hall–Kier alpha value is -16.6. The van der Waals surface area contributed by atoms with E-state index >= 15 is 0 Å². The van der Waals surface area contributed by atoms with Gasteiger partial charge in [-0.1, -0.05) is 394 Å². The molecule has 0 bridgehead atoms. The fraction of sp³-hybridized carbons (Fsp3) is 0.0323. The highest BCUT2D eigenvalue weighted by Gasteiger charge is 2.21. The summed E-state index contributed by atoms with van der Waals surface area (Å²) in [7, 11) is 0. The van der Waals surface area contributed by atoms with Crippen molar-refractivity contribution in [3.63, 3.8) is 0 Å². The van der Waals surface area contributed by atoms with Gasteiger partial charge in [0.25, 0.3) is 0 Å². The number of nitrogens with one attached hydrogen (secondary N) is 1. The zero-order chi connectivity index (χ0) is 85.1. The van der Waals surface area contributed by atoms with Crippen LogP contribution in [0.25, 0.3) is 187 Å². The fourth-order valence-electron chi connectivity index (χ4n) is 19.0. The molecule has 1 aliphatic carbocycles. The van der Waals surface area contributed by atoms with E-state index < -0.39 is 0 Å². The van der Waals surface area contributed by atoms with Crippen LogP contribution >= 0.6 is 0 Å². The Kier molecular flexibility index (Phi) is 25.2. The first-order valence-corrected chi connectivity index (χ1v) is 44.3. The molecule has 0 fully saturated rings. The average molecular weight is 1710 g/mol. The molecule has 23 aromatic rings. The molecule has 24 rings (SSSR count). The van der Waals surface area contributed by atoms with Gasteiger partial charge in [-0.15, -0.1) is 0 Å². The summed E-state index contributed by atoms with van der Waals surface area (Å²) in [4.78, 5) is 2.35. The predicted octanol–water partition coefficient (Wildman–Crippen LogP) is 33.8. The molecule has 0 saturated carbocycles. The molecule has 0 unspecified atom stereocenters. The number of aryl methyl sites for hydroxylation is 1. The lowest BCUT2D eigenvalue weighted by atomic mass is 9.86. The maximum absolute atomic E-state index is 6.44. The summed E-state index contributed by atoms with van der Waals surface area (Å²) in [6.07, 6.45) is 5.02. The van der Waals surface area contributed by atoms with Gasteiger partial charge in [-0.25, -0.2) is 0 Å². The number of anilines is 5. The Balaban J connectivity index is 0.000000147. The largest absolute Gasteiger partial charge is 0.455 e. The molecule has 8 heteroatoms. The van der Waals surface area contributed by atoms with Gasteiger partial charge in [0.05, 0.1) is 0 Å². The van der Waals surface area contributed by atoms with Crippen molar-refractivity contribution >= 4 is 105 Å². The first kappa shape index (κ1) is 86.2. The molecule has 2 aromatic heterocycles. The molecule has 132 heavy (non-hydrogen) atoms. The highest BCUT2D eigenvalue weighted by atomic mass is 16.3. The topological polar surface area (TPSA) is 175 Å². The Morgan fingerprint density at radius 1 is 0.197 bits per heavy atom. The van der Waals surface area contributed by atoms with Gasteiger partial charge >= 0.3 is 0 Å². The SMILES string of the molecule is N.N.O.O.c1cc(-c2ccc(N(c3ccc(-c4cccc(-c5cccc6ccccc56)c4)cc3)c3ccc(-c4cccc5c4oc4ccccc45)cc3)cc2)cc(-c2cccc3ccccc23)c1.c1cc2c(c(-c3ccc(-c4ccc(Nc5ccc(-c6cccc7c6oc6ccccc67)cc5)cc4)cc3)c1)CCCC2.c1ccc(-c2ccc(-c3cccc4ccccc34)cc2)cc1. The Labute approximate surface area is 769 Å². The lowest BCUT2D eigenvalue weighted by Crippen LogP contribution is -2.09. The van der Waals surface area contributed by atoms with Crippen molar-refractivity contribution in [3.05, 3.63) is 490 Å². The summed E-state index contributed by atoms with van der Waals surface area (Å²) >= 11 is 0. The molecule has 0 atom stereocenters. The van der Waals surface area contributed by atoms with Crippen molar-refractivity contribution in [3.8, 4) is 111 Å². The molecule has 638 valence electrons. The molecule has 21 aromatic carbocycles. The molecule has 0 aliphatic heterocycles. The Morgan fingerprint density at radius 2 is 0.470 bits per heavy atom. The van der Waals surface area contributed by atoms with E-state index in [9.17, 15) is 0 Å². The third-order valence-electron chi connectivity index (χ3n) is 25.5. The number of benzene rings is 21. The third kappa shape index (κ3) is 17.4. The highest BCUT2D eigenvalue weighted by molar-refractivity contribution is 6.11. The average Bonchev–Trinajstić information content (AvgIpc) is 1.61. The van der Waals surface area contributed by atoms with Crippen LogP contribution < -0.4 is 22.5 Å². The van der Waals surface area contributed by atoms with Gasteiger partial charge in [-0.3, -0.25) is 0 Å². The normalized spacial score (nSPS) is 11.4. The molecule has 8 nitrogen and oxygen atoms in total. The summed E-state index contributed by atoms with van der Waals surface area (Å²) in [5.74, 6) is 0. The highest BCUT2D eigenvalue weighted by Crippen LogP contribution is 2.45. The standard InChI is InChI=1S/C62H41NO.C40H31NO.C22H16.2H3N.2H2O/c1-3-20-54-44(12-1)14-9-23-56(54)49-18-7-16-47(40-49)42-28-34-51(35-29-42)63(53-38-32-46(33-39-53)58-25-11-26-60-59-22-5-6-27-61(59)64-62(58)60)52-36-30-43(31-37-52)48-17-8-19-50(41-48)57-24-10-15-45-13-2-4-21-55(45)57;1-2-9-34-29(7-1)8-5-11-35(34)30-17-15-27(16-18-30)28-19-23-32(24-20-28)41-33-25-21-31(22-26-33)36-12-6-13-38-37-10-3-4-14-39(37)42-40(36)38;1-2-7-17(8-3-1)18-13-15-20(16-14-18)22-12-6-10-19-9-4-5-11-21(19)22;;;;/h1-41H;3-6,8,10-26,41H,1-2,7,9H2;1-16H;2*1H3;2*1H2. The van der Waals surface area contributed by atoms with E-state index in [0.29, 0.717) is 0 Å². The van der Waals surface area contributed by atoms with Crippen LogP contribution in [-0.4, -0.2) is 11.0 Å². The van der Waals surface area contributed by atoms with E-state index in [1.807, 2.05) is 30.3 Å². The summed E-state index contributed by atoms with van der Waals surface area (Å²) in [5.41, 5.74) is 36.4. The number of nitrogens with zero attached hydrogens (tertiary/aromatic N) is 1. The maximum Gasteiger partial charge on any atom is 0.143 e. The molecule has 0 radical (unpaired) electrons. The van der Waals surface area contributed by atoms with Crippen LogP contribution in [-0.2, 0) is 12.8 Å². The maximum atomic E-state index is 6.44. The number of hydrogen-bond donors (Lipinski definition) is 3. The van der Waals surface area contributed by atoms with E-state index in [0.717, 1.165) is 94.6 Å². The lowest BCUT2D eigenvalue weighted by molar-refractivity contribution is 0.669. The van der Waals surface area contributed by atoms with Crippen LogP contribution in [0.15, 0.2) is 488 Å². The summed E-state index contributed by atoms with van der Waals surface area (Å²) < 4.78 is 12.7. The van der Waals surface area contributed by atoms with Gasteiger partial charge in [0.1, 0.15) is 22.3 Å². The van der Waals surface area contributed by atoms with Gasteiger partial charge in [0.15, 0.2) is 0 Å². The quantitative estimate of drug-likeness (QED) is 0.0921. The minimum absolute atomic E-state index is 0. The first-order valence-electron chi connectivity index (χ1n) is 44.3. The smallest absolute Gasteiger partial charge is 0.143 e. The first-order chi connectivity index (χ1) is 63.4. The molecule has 1 aliphatic rings. The van der Waals surface area contributed by atoms with E-state index in [4.69, 9.17) is 8.83 Å². The van der Waals surface area contributed by atoms with Gasteiger partial charge in [-0.2, -0.15) is 0 Å². The van der Waals surface area contributed by atoms with Crippen LogP contribution in [0.5, 0.6) is 0 Å². The molecule has 0 saturated heterocycles. The summed E-state index contributed by atoms with van der Waals surface area (Å²) in [6.45, 7) is 0. The predicted molar refractivity (Wildman–Crippen MR) is 559 cm³/mol. The van der Waals surface area contributed by atoms with Gasteiger partial charge in [-0.05, 0) is 254 Å². The minimum atomic E-state index is 0. The number of para-hydroxylation sites is 4. The van der Waals surface area contributed by atoms with Gasteiger partial charge < -0.3 is 42.3 Å². The van der Waals surface area contributed by atoms with E-state index in [2.05, 4.69) is 459 Å². The molecular formula is C124H98N4O4.